The zero-order valence-corrected chi connectivity index (χ0v) is 26.7. The Bertz CT molecular complexity index is 2030. The van der Waals surface area contributed by atoms with Gasteiger partial charge in [0.2, 0.25) is 0 Å². The van der Waals surface area contributed by atoms with Crippen molar-refractivity contribution in [2.75, 3.05) is 43.4 Å². The largest absolute Gasteiger partial charge is 0.481 e. The Kier molecular flexibility index (Phi) is 8.26. The average molecular weight is 705 g/mol. The van der Waals surface area contributed by atoms with Gasteiger partial charge in [0.15, 0.2) is 5.82 Å². The minimum absolute atomic E-state index is 0.0349. The standard InChI is InChI=1S/C33H30F6N6O3S/c34-17-12-32(7-2-9-45(32)14-17)15-48-31-42-26-19(29(43-31)44-8-1-3-16(6-10-44)30(46)47)11-21(33(37,38)39)24(25(26)36)18-4-5-22(35)27-23(18)20(13-40)28(41)49-27/h4-5,11,16-17H,1-3,6-10,12,14-15,41H2,(H,46,47)/t16?,17-,32+/m1/s1. The van der Waals surface area contributed by atoms with E-state index in [0.29, 0.717) is 37.1 Å². The van der Waals surface area contributed by atoms with Crippen LogP contribution in [0.4, 0.5) is 37.2 Å². The molecule has 4 aromatic rings. The summed E-state index contributed by atoms with van der Waals surface area (Å²) in [4.78, 5) is 24.1. The molecule has 3 fully saturated rings. The number of nitrogens with two attached hydrogens (primary N) is 1. The molecule has 5 heterocycles. The molecular weight excluding hydrogens is 674 g/mol. The van der Waals surface area contributed by atoms with Gasteiger partial charge in [-0.25, -0.2) is 13.2 Å². The average Bonchev–Trinajstić information content (AvgIpc) is 3.61. The maximum absolute atomic E-state index is 17.0. The number of hydrogen-bond acceptors (Lipinski definition) is 9. The zero-order valence-electron chi connectivity index (χ0n) is 25.9. The fourth-order valence-corrected chi connectivity index (χ4v) is 8.64. The maximum atomic E-state index is 17.0. The third-order valence-electron chi connectivity index (χ3n) is 10.0. The molecule has 3 aliphatic heterocycles. The van der Waals surface area contributed by atoms with Crippen LogP contribution in [0.25, 0.3) is 32.1 Å². The van der Waals surface area contributed by atoms with Gasteiger partial charge in [-0.3, -0.25) is 9.69 Å². The molecule has 0 spiro atoms. The molecule has 3 N–H and O–H groups in total. The van der Waals surface area contributed by atoms with Crippen LogP contribution < -0.4 is 15.4 Å². The number of nitrogens with zero attached hydrogens (tertiary/aromatic N) is 5. The fraction of sp³-hybridized carbons (Fsp3) is 0.455. The Morgan fingerprint density at radius 3 is 2.71 bits per heavy atom. The summed E-state index contributed by atoms with van der Waals surface area (Å²) in [6.45, 7) is 1.21. The van der Waals surface area contributed by atoms with Crippen molar-refractivity contribution in [1.82, 2.24) is 14.9 Å². The van der Waals surface area contributed by atoms with Crippen LogP contribution in [0.15, 0.2) is 18.2 Å². The number of aliphatic carboxylic acids is 1. The number of thiophene rings is 1. The van der Waals surface area contributed by atoms with Crippen molar-refractivity contribution in [3.63, 3.8) is 0 Å². The molecule has 3 aliphatic rings. The molecule has 0 aliphatic carbocycles. The van der Waals surface area contributed by atoms with Crippen molar-refractivity contribution in [2.45, 2.75) is 56.4 Å². The van der Waals surface area contributed by atoms with Crippen LogP contribution in [-0.4, -0.2) is 70.4 Å². The minimum Gasteiger partial charge on any atom is -0.481 e. The Hall–Kier alpha value is -4.36. The fourth-order valence-electron chi connectivity index (χ4n) is 7.69. The summed E-state index contributed by atoms with van der Waals surface area (Å²) in [5.74, 6) is -3.98. The van der Waals surface area contributed by atoms with E-state index in [-0.39, 0.29) is 76.9 Å². The lowest BCUT2D eigenvalue weighted by Gasteiger charge is -2.31. The SMILES string of the molecule is N#Cc1c(N)sc2c(F)ccc(-c3c(C(F)(F)F)cc4c(N5CCCC(C(=O)O)CC5)nc(OC[C@@]56CCCN5C[C@H](F)C6)nc4c3F)c12. The van der Waals surface area contributed by atoms with Crippen molar-refractivity contribution in [1.29, 1.82) is 5.26 Å². The monoisotopic (exact) mass is 704 g/mol. The van der Waals surface area contributed by atoms with Gasteiger partial charge in [0, 0.05) is 42.4 Å². The van der Waals surface area contributed by atoms with Crippen LogP contribution in [0.5, 0.6) is 6.01 Å². The predicted octanol–water partition coefficient (Wildman–Crippen LogP) is 6.91. The molecule has 2 aromatic carbocycles. The van der Waals surface area contributed by atoms with Crippen molar-refractivity contribution in [3.05, 3.63) is 41.0 Å². The van der Waals surface area contributed by atoms with E-state index in [9.17, 15) is 37.1 Å². The molecule has 7 rings (SSSR count). The summed E-state index contributed by atoms with van der Waals surface area (Å²) in [5, 5.41) is 18.7. The summed E-state index contributed by atoms with van der Waals surface area (Å²) < 4.78 is 96.9. The van der Waals surface area contributed by atoms with E-state index in [1.807, 2.05) is 4.90 Å². The van der Waals surface area contributed by atoms with Crippen LogP contribution in [0.3, 0.4) is 0 Å². The van der Waals surface area contributed by atoms with Crippen molar-refractivity contribution in [2.24, 2.45) is 5.92 Å². The molecule has 2 aromatic heterocycles. The highest BCUT2D eigenvalue weighted by Crippen LogP contribution is 2.48. The molecule has 258 valence electrons. The predicted molar refractivity (Wildman–Crippen MR) is 170 cm³/mol. The molecule has 49 heavy (non-hydrogen) atoms. The van der Waals surface area contributed by atoms with Crippen LogP contribution in [-0.2, 0) is 11.0 Å². The molecule has 0 radical (unpaired) electrons. The Balaban J connectivity index is 1.44. The van der Waals surface area contributed by atoms with E-state index in [1.54, 1.807) is 11.0 Å². The molecule has 0 bridgehead atoms. The number of hydrogen-bond donors (Lipinski definition) is 2. The number of anilines is 2. The van der Waals surface area contributed by atoms with E-state index in [4.69, 9.17) is 10.5 Å². The lowest BCUT2D eigenvalue weighted by Crippen LogP contribution is -2.43. The van der Waals surface area contributed by atoms with E-state index >= 15 is 4.39 Å². The van der Waals surface area contributed by atoms with Gasteiger partial charge in [0.05, 0.1) is 27.3 Å². The van der Waals surface area contributed by atoms with E-state index in [2.05, 4.69) is 9.97 Å². The third kappa shape index (κ3) is 5.66. The molecular formula is C33H30F6N6O3S. The molecule has 0 saturated carbocycles. The summed E-state index contributed by atoms with van der Waals surface area (Å²) >= 11 is 0.667. The lowest BCUT2D eigenvalue weighted by molar-refractivity contribution is -0.142. The highest BCUT2D eigenvalue weighted by atomic mass is 32.1. The number of carboxylic acids is 1. The minimum atomic E-state index is -5.13. The first-order valence-corrected chi connectivity index (χ1v) is 16.6. The number of ether oxygens (including phenoxy) is 1. The number of halogens is 6. The molecule has 0 amide bonds. The van der Waals surface area contributed by atoms with Crippen LogP contribution in [0.2, 0.25) is 0 Å². The number of rotatable bonds is 6. The van der Waals surface area contributed by atoms with E-state index in [1.165, 1.54) is 0 Å². The second kappa shape index (κ2) is 12.2. The highest BCUT2D eigenvalue weighted by Gasteiger charge is 2.49. The van der Waals surface area contributed by atoms with Gasteiger partial charge in [0.25, 0.3) is 0 Å². The smallest absolute Gasteiger partial charge is 0.417 e. The Labute approximate surface area is 279 Å². The normalized spacial score (nSPS) is 23.2. The number of carbonyl (C=O) groups is 1. The number of nitrogen functional groups attached to an aromatic ring is 1. The number of nitriles is 1. The summed E-state index contributed by atoms with van der Waals surface area (Å²) in [6.07, 6.45) is -3.62. The quantitative estimate of drug-likeness (QED) is 0.206. The number of carboxylic acid groups (broad SMARTS) is 1. The second-order valence-corrected chi connectivity index (χ2v) is 14.0. The maximum Gasteiger partial charge on any atom is 0.417 e. The molecule has 1 unspecified atom stereocenters. The summed E-state index contributed by atoms with van der Waals surface area (Å²) in [7, 11) is 0. The first-order valence-electron chi connectivity index (χ1n) is 15.8. The first kappa shape index (κ1) is 33.2. The van der Waals surface area contributed by atoms with Crippen LogP contribution in [0.1, 0.15) is 49.7 Å². The highest BCUT2D eigenvalue weighted by molar-refractivity contribution is 7.23. The summed E-state index contributed by atoms with van der Waals surface area (Å²) in [5.41, 5.74) is 1.75. The number of benzene rings is 2. The molecule has 16 heteroatoms. The van der Waals surface area contributed by atoms with Gasteiger partial charge >= 0.3 is 18.2 Å². The molecule has 3 saturated heterocycles. The van der Waals surface area contributed by atoms with Gasteiger partial charge in [0.1, 0.15) is 41.0 Å². The Morgan fingerprint density at radius 1 is 1.18 bits per heavy atom. The molecule has 9 nitrogen and oxygen atoms in total. The van der Waals surface area contributed by atoms with Gasteiger partial charge in [-0.05, 0) is 56.3 Å². The number of fused-ring (bicyclic) bond motifs is 3. The summed E-state index contributed by atoms with van der Waals surface area (Å²) in [6, 6.07) is 4.06. The Morgan fingerprint density at radius 2 is 1.98 bits per heavy atom. The topological polar surface area (TPSA) is 129 Å². The lowest BCUT2D eigenvalue weighted by atomic mass is 9.92. The van der Waals surface area contributed by atoms with Gasteiger partial charge in [-0.1, -0.05) is 6.07 Å². The molecule has 3 atom stereocenters. The van der Waals surface area contributed by atoms with Gasteiger partial charge in [-0.2, -0.15) is 28.4 Å². The number of alkyl halides is 4. The van der Waals surface area contributed by atoms with Crippen molar-refractivity contribution >= 4 is 49.1 Å². The van der Waals surface area contributed by atoms with Crippen LogP contribution >= 0.6 is 11.3 Å². The zero-order chi connectivity index (χ0) is 34.8. The third-order valence-corrected chi connectivity index (χ3v) is 11.0. The second-order valence-electron chi connectivity index (χ2n) is 12.9. The van der Waals surface area contributed by atoms with Crippen molar-refractivity contribution < 1.29 is 41.0 Å². The van der Waals surface area contributed by atoms with E-state index < -0.39 is 63.6 Å². The van der Waals surface area contributed by atoms with Crippen LogP contribution in [0, 0.1) is 28.9 Å². The van der Waals surface area contributed by atoms with Crippen molar-refractivity contribution in [3.8, 4) is 23.2 Å². The van der Waals surface area contributed by atoms with E-state index in [0.717, 1.165) is 24.6 Å². The van der Waals surface area contributed by atoms with Gasteiger partial charge < -0.3 is 20.5 Å². The van der Waals surface area contributed by atoms with Gasteiger partial charge in [-0.15, -0.1) is 11.3 Å². The number of aromatic nitrogens is 2. The first-order chi connectivity index (χ1) is 23.3.